The summed E-state index contributed by atoms with van der Waals surface area (Å²) >= 11 is 0. The highest BCUT2D eigenvalue weighted by Crippen LogP contribution is 2.23. The normalized spacial score (nSPS) is 11.7. The molecule has 4 nitrogen and oxygen atoms in total. The van der Waals surface area contributed by atoms with Crippen LogP contribution in [0.25, 0.3) is 10.8 Å². The van der Waals surface area contributed by atoms with Crippen LogP contribution < -0.4 is 5.32 Å². The molecule has 26 heavy (non-hydrogen) atoms. The second-order valence-corrected chi connectivity index (χ2v) is 6.13. The molecule has 3 rings (SSSR count). The number of fused-ring (bicyclic) bond motifs is 1. The third kappa shape index (κ3) is 4.48. The summed E-state index contributed by atoms with van der Waals surface area (Å²) in [6, 6.07) is 23.2. The summed E-state index contributed by atoms with van der Waals surface area (Å²) in [6.07, 6.45) is -0.00926. The molecule has 0 aliphatic rings. The summed E-state index contributed by atoms with van der Waals surface area (Å²) in [6.45, 7) is 1.58. The lowest BCUT2D eigenvalue weighted by atomic mass is 10.1. The number of aryl methyl sites for hydroxylation is 1. The summed E-state index contributed by atoms with van der Waals surface area (Å²) in [5.41, 5.74) is 1.78. The zero-order chi connectivity index (χ0) is 18.4. The van der Waals surface area contributed by atoms with Gasteiger partial charge in [0.1, 0.15) is 0 Å². The summed E-state index contributed by atoms with van der Waals surface area (Å²) in [5, 5.41) is 4.84. The molecule has 0 heterocycles. The van der Waals surface area contributed by atoms with Crippen molar-refractivity contribution in [3.63, 3.8) is 0 Å². The maximum Gasteiger partial charge on any atom is 0.306 e. The average Bonchev–Trinajstić information content (AvgIpc) is 2.67. The third-order valence-electron chi connectivity index (χ3n) is 4.19. The lowest BCUT2D eigenvalue weighted by molar-refractivity contribution is -0.153. The number of carbonyl (C=O) groups excluding carboxylic acids is 2. The van der Waals surface area contributed by atoms with E-state index in [9.17, 15) is 9.59 Å². The number of hydrogen-bond donors (Lipinski definition) is 1. The van der Waals surface area contributed by atoms with Crippen molar-refractivity contribution < 1.29 is 14.3 Å². The topological polar surface area (TPSA) is 55.4 Å². The van der Waals surface area contributed by atoms with Gasteiger partial charge in [-0.15, -0.1) is 0 Å². The van der Waals surface area contributed by atoms with Gasteiger partial charge < -0.3 is 10.1 Å². The highest BCUT2D eigenvalue weighted by molar-refractivity contribution is 6.03. The van der Waals surface area contributed by atoms with E-state index in [1.807, 2.05) is 72.8 Å². The van der Waals surface area contributed by atoms with Gasteiger partial charge in [0.2, 0.25) is 0 Å². The largest absolute Gasteiger partial charge is 0.453 e. The standard InChI is InChI=1S/C22H21NO3/c1-16(26-21(24)15-14-17-8-3-2-4-9-17)22(25)23-20-13-7-11-18-10-5-6-12-19(18)20/h2-13,16H,14-15H2,1H3,(H,23,25). The number of esters is 1. The Hall–Kier alpha value is -3.14. The number of benzene rings is 3. The lowest BCUT2D eigenvalue weighted by Gasteiger charge is -2.14. The molecule has 1 unspecified atom stereocenters. The third-order valence-corrected chi connectivity index (χ3v) is 4.19. The van der Waals surface area contributed by atoms with Crippen LogP contribution in [0, 0.1) is 0 Å². The summed E-state index contributed by atoms with van der Waals surface area (Å²) in [4.78, 5) is 24.4. The number of nitrogens with one attached hydrogen (secondary N) is 1. The molecule has 0 fully saturated rings. The van der Waals surface area contributed by atoms with E-state index in [0.717, 1.165) is 16.3 Å². The Morgan fingerprint density at radius 2 is 1.62 bits per heavy atom. The Bertz CT molecular complexity index is 900. The molecule has 3 aromatic rings. The Balaban J connectivity index is 1.56. The van der Waals surface area contributed by atoms with E-state index < -0.39 is 6.10 Å². The van der Waals surface area contributed by atoms with E-state index in [2.05, 4.69) is 5.32 Å². The zero-order valence-electron chi connectivity index (χ0n) is 14.6. The quantitative estimate of drug-likeness (QED) is 0.675. The minimum Gasteiger partial charge on any atom is -0.453 e. The molecule has 0 spiro atoms. The molecular weight excluding hydrogens is 326 g/mol. The minimum absolute atomic E-state index is 0.246. The molecule has 0 aliphatic heterocycles. The molecule has 0 saturated carbocycles. The molecule has 0 bridgehead atoms. The first kappa shape index (κ1) is 17.7. The van der Waals surface area contributed by atoms with Crippen molar-refractivity contribution in [3.8, 4) is 0 Å². The van der Waals surface area contributed by atoms with Crippen LogP contribution in [0.1, 0.15) is 18.9 Å². The molecule has 0 aromatic heterocycles. The van der Waals surface area contributed by atoms with Gasteiger partial charge in [-0.1, -0.05) is 66.7 Å². The number of hydrogen-bond acceptors (Lipinski definition) is 3. The van der Waals surface area contributed by atoms with Crippen LogP contribution in [-0.4, -0.2) is 18.0 Å². The number of anilines is 1. The average molecular weight is 347 g/mol. The number of amides is 1. The van der Waals surface area contributed by atoms with Gasteiger partial charge in [-0.25, -0.2) is 0 Å². The fraction of sp³-hybridized carbons (Fsp3) is 0.182. The molecule has 0 radical (unpaired) electrons. The highest BCUT2D eigenvalue weighted by atomic mass is 16.5. The molecule has 1 atom stereocenters. The summed E-state index contributed by atoms with van der Waals surface area (Å²) in [5.74, 6) is -0.719. The SMILES string of the molecule is CC(OC(=O)CCc1ccccc1)C(=O)Nc1cccc2ccccc12. The molecule has 3 aromatic carbocycles. The van der Waals surface area contributed by atoms with Gasteiger partial charge in [-0.05, 0) is 30.4 Å². The Kier molecular flexibility index (Phi) is 5.64. The smallest absolute Gasteiger partial charge is 0.306 e. The van der Waals surface area contributed by atoms with Gasteiger partial charge in [0.05, 0.1) is 0 Å². The van der Waals surface area contributed by atoms with E-state index >= 15 is 0 Å². The monoisotopic (exact) mass is 347 g/mol. The number of carbonyl (C=O) groups is 2. The molecule has 1 amide bonds. The molecule has 0 aliphatic carbocycles. The van der Waals surface area contributed by atoms with Gasteiger partial charge in [-0.3, -0.25) is 9.59 Å². The van der Waals surface area contributed by atoms with Crippen molar-refractivity contribution in [2.45, 2.75) is 25.9 Å². The van der Waals surface area contributed by atoms with Crippen LogP contribution in [-0.2, 0) is 20.7 Å². The van der Waals surface area contributed by atoms with Crippen molar-refractivity contribution >= 4 is 28.3 Å². The Morgan fingerprint density at radius 1 is 0.923 bits per heavy atom. The van der Waals surface area contributed by atoms with Crippen LogP contribution in [0.15, 0.2) is 72.8 Å². The fourth-order valence-electron chi connectivity index (χ4n) is 2.77. The second kappa shape index (κ2) is 8.30. The van der Waals surface area contributed by atoms with Crippen molar-refractivity contribution in [3.05, 3.63) is 78.4 Å². The van der Waals surface area contributed by atoms with Crippen molar-refractivity contribution in [2.24, 2.45) is 0 Å². The molecular formula is C22H21NO3. The first-order chi connectivity index (χ1) is 12.6. The maximum atomic E-state index is 12.4. The van der Waals surface area contributed by atoms with E-state index in [1.165, 1.54) is 0 Å². The van der Waals surface area contributed by atoms with Gasteiger partial charge in [0.15, 0.2) is 6.10 Å². The Morgan fingerprint density at radius 3 is 2.42 bits per heavy atom. The molecule has 0 saturated heterocycles. The van der Waals surface area contributed by atoms with E-state index in [0.29, 0.717) is 12.1 Å². The summed E-state index contributed by atoms with van der Waals surface area (Å²) < 4.78 is 5.27. The van der Waals surface area contributed by atoms with Crippen LogP contribution in [0.2, 0.25) is 0 Å². The van der Waals surface area contributed by atoms with Crippen LogP contribution in [0.3, 0.4) is 0 Å². The first-order valence-electron chi connectivity index (χ1n) is 8.65. The summed E-state index contributed by atoms with van der Waals surface area (Å²) in [7, 11) is 0. The van der Waals surface area contributed by atoms with E-state index in [1.54, 1.807) is 6.92 Å². The lowest BCUT2D eigenvalue weighted by Crippen LogP contribution is -2.30. The van der Waals surface area contributed by atoms with Crippen molar-refractivity contribution in [2.75, 3.05) is 5.32 Å². The van der Waals surface area contributed by atoms with Crippen LogP contribution >= 0.6 is 0 Å². The van der Waals surface area contributed by atoms with Crippen LogP contribution in [0.5, 0.6) is 0 Å². The maximum absolute atomic E-state index is 12.4. The second-order valence-electron chi connectivity index (χ2n) is 6.13. The predicted octanol–water partition coefficient (Wildman–Crippen LogP) is 4.34. The van der Waals surface area contributed by atoms with Gasteiger partial charge in [-0.2, -0.15) is 0 Å². The Labute approximate surface area is 152 Å². The van der Waals surface area contributed by atoms with E-state index in [-0.39, 0.29) is 18.3 Å². The van der Waals surface area contributed by atoms with Gasteiger partial charge in [0.25, 0.3) is 5.91 Å². The van der Waals surface area contributed by atoms with Crippen molar-refractivity contribution in [1.82, 2.24) is 0 Å². The zero-order valence-corrected chi connectivity index (χ0v) is 14.6. The predicted molar refractivity (Wildman–Crippen MR) is 103 cm³/mol. The number of rotatable bonds is 6. The van der Waals surface area contributed by atoms with Crippen LogP contribution in [0.4, 0.5) is 5.69 Å². The minimum atomic E-state index is -0.850. The molecule has 1 N–H and O–H groups in total. The number of ether oxygens (including phenoxy) is 1. The first-order valence-corrected chi connectivity index (χ1v) is 8.65. The van der Waals surface area contributed by atoms with E-state index in [4.69, 9.17) is 4.74 Å². The van der Waals surface area contributed by atoms with Gasteiger partial charge >= 0.3 is 5.97 Å². The molecule has 132 valence electrons. The highest BCUT2D eigenvalue weighted by Gasteiger charge is 2.18. The fourth-order valence-corrected chi connectivity index (χ4v) is 2.77. The van der Waals surface area contributed by atoms with Gasteiger partial charge in [0, 0.05) is 17.5 Å². The van der Waals surface area contributed by atoms with Crippen molar-refractivity contribution in [1.29, 1.82) is 0 Å². The molecule has 4 heteroatoms.